The topological polar surface area (TPSA) is 415 Å². The smallest absolute Gasteiger partial charge is 0.337 e. The molecule has 0 amide bonds. The van der Waals surface area contributed by atoms with Crippen molar-refractivity contribution >= 4 is 168 Å². The third-order valence-corrected chi connectivity index (χ3v) is 22.6. The van der Waals surface area contributed by atoms with Gasteiger partial charge in [0.2, 0.25) is 0 Å². The molecule has 0 aliphatic carbocycles. The van der Waals surface area contributed by atoms with Gasteiger partial charge in [0.15, 0.2) is 12.6 Å². The van der Waals surface area contributed by atoms with E-state index in [0.29, 0.717) is 93.7 Å². The van der Waals surface area contributed by atoms with Gasteiger partial charge in [-0.05, 0) is 246 Å². The number of carboxylic acid groups (broad SMARTS) is 7. The van der Waals surface area contributed by atoms with Gasteiger partial charge in [0, 0.05) is 230 Å². The molecule has 650 valence electrons. The molecule has 0 fully saturated rings. The summed E-state index contributed by atoms with van der Waals surface area (Å²) in [5, 5.41) is 68.1. The van der Waals surface area contributed by atoms with Crippen LogP contribution in [0.15, 0.2) is 140 Å². The summed E-state index contributed by atoms with van der Waals surface area (Å²) >= 11 is 0. The Morgan fingerprint density at radius 1 is 0.312 bits per heavy atom. The highest BCUT2D eigenvalue weighted by atomic mass is 16.4. The Bertz CT molecular complexity index is 6580. The van der Waals surface area contributed by atoms with E-state index >= 15 is 0 Å². The lowest BCUT2D eigenvalue weighted by Crippen LogP contribution is -2.04. The van der Waals surface area contributed by atoms with Crippen molar-refractivity contribution in [2.75, 3.05) is 0 Å². The van der Waals surface area contributed by atoms with Crippen LogP contribution in [0.2, 0.25) is 0 Å². The summed E-state index contributed by atoms with van der Waals surface area (Å²) < 4.78 is 14.0. The summed E-state index contributed by atoms with van der Waals surface area (Å²) in [5.41, 5.74) is 21.7. The second-order valence-corrected chi connectivity index (χ2v) is 30.2. The van der Waals surface area contributed by atoms with Crippen LogP contribution in [-0.2, 0) is 117 Å². The van der Waals surface area contributed by atoms with Gasteiger partial charge in [0.1, 0.15) is 31.4 Å². The van der Waals surface area contributed by atoms with Gasteiger partial charge in [0.05, 0.1) is 18.4 Å². The first-order chi connectivity index (χ1) is 59.4. The average Bonchev–Trinajstić information content (AvgIpc) is 1.65. The van der Waals surface area contributed by atoms with Crippen LogP contribution < -0.4 is 0 Å². The molecule has 7 N–H and O–H groups in total. The molecule has 14 rings (SSSR count). The number of aryl methyl sites for hydroxylation is 16. The number of unbranched alkanes of at least 4 members (excludes halogenated alkanes) is 1. The number of hydrogen-bond donors (Lipinski definition) is 7. The van der Waals surface area contributed by atoms with E-state index in [-0.39, 0.29) is 43.2 Å². The number of rotatable bonds is 27. The lowest BCUT2D eigenvalue weighted by atomic mass is 9.98. The molecular weight excluding hydrogens is 1600 g/mol. The van der Waals surface area contributed by atoms with Crippen molar-refractivity contribution in [1.29, 1.82) is 0 Å². The fourth-order valence-electron chi connectivity index (χ4n) is 15.4. The Labute approximate surface area is 719 Å². The summed E-state index contributed by atoms with van der Waals surface area (Å²) in [6.07, 6.45) is 14.3. The van der Waals surface area contributed by atoms with Gasteiger partial charge in [-0.1, -0.05) is 6.92 Å². The van der Waals surface area contributed by atoms with E-state index in [4.69, 9.17) is 35.7 Å². The first kappa shape index (κ1) is 95.5. The second kappa shape index (κ2) is 43.0. The molecule has 0 aliphatic rings. The van der Waals surface area contributed by atoms with Crippen molar-refractivity contribution in [3.05, 3.63) is 252 Å². The zero-order valence-electron chi connectivity index (χ0n) is 71.9. The maximum absolute atomic E-state index is 11.2. The number of aliphatic carboxylic acids is 6. The molecule has 14 aromatic rings. The molecule has 0 aliphatic heterocycles. The number of aromatic nitrogens is 7. The average molecular weight is 1700 g/mol. The van der Waals surface area contributed by atoms with Crippen molar-refractivity contribution in [2.45, 2.75) is 119 Å². The van der Waals surface area contributed by atoms with E-state index in [9.17, 15) is 67.1 Å². The highest BCUT2D eigenvalue weighted by Crippen LogP contribution is 2.33. The van der Waals surface area contributed by atoms with Gasteiger partial charge >= 0.3 is 41.8 Å². The van der Waals surface area contributed by atoms with Crippen LogP contribution in [0.1, 0.15) is 196 Å². The lowest BCUT2D eigenvalue weighted by molar-refractivity contribution is -0.138. The molecule has 0 radical (unpaired) electrons. The molecule has 0 bridgehead atoms. The van der Waals surface area contributed by atoms with E-state index in [1.807, 2.05) is 193 Å². The Kier molecular flexibility index (Phi) is 32.9. The molecule has 0 atom stereocenters. The number of carbonyl (C=O) groups is 14. The summed E-state index contributed by atoms with van der Waals surface area (Å²) in [6, 6.07) is 38.8. The lowest BCUT2D eigenvalue weighted by Gasteiger charge is -2.07. The van der Waals surface area contributed by atoms with E-state index in [0.717, 1.165) is 179 Å². The third kappa shape index (κ3) is 22.4. The van der Waals surface area contributed by atoms with Gasteiger partial charge in [-0.3, -0.25) is 57.5 Å². The molecule has 0 unspecified atom stereocenters. The molecule has 7 aromatic carbocycles. The number of nitrogens with zero attached hydrogens (tertiary/aromatic N) is 7. The van der Waals surface area contributed by atoms with E-state index in [1.165, 1.54) is 12.1 Å². The zero-order valence-corrected chi connectivity index (χ0v) is 71.9. The zero-order chi connectivity index (χ0) is 92.1. The minimum Gasteiger partial charge on any atom is -0.481 e. The van der Waals surface area contributed by atoms with Gasteiger partial charge in [-0.15, -0.1) is 0 Å². The van der Waals surface area contributed by atoms with Crippen LogP contribution >= 0.6 is 0 Å². The molecule has 7 aromatic heterocycles. The first-order valence-corrected chi connectivity index (χ1v) is 39.9. The Balaban J connectivity index is 0.000000181. The normalized spacial score (nSPS) is 10.8. The molecule has 125 heavy (non-hydrogen) atoms. The maximum atomic E-state index is 11.2. The van der Waals surface area contributed by atoms with Crippen molar-refractivity contribution in [3.63, 3.8) is 0 Å². The van der Waals surface area contributed by atoms with Crippen LogP contribution in [-0.4, -0.2) is 154 Å². The number of hydrogen-bond acceptors (Lipinski definition) is 14. The van der Waals surface area contributed by atoms with Crippen LogP contribution in [0.4, 0.5) is 0 Å². The Hall–Kier alpha value is -15.0. The number of aldehydes is 7. The van der Waals surface area contributed by atoms with Gasteiger partial charge < -0.3 is 67.7 Å². The Morgan fingerprint density at radius 2 is 0.632 bits per heavy atom. The van der Waals surface area contributed by atoms with Crippen LogP contribution in [0.3, 0.4) is 0 Å². The maximum Gasteiger partial charge on any atom is 0.337 e. The SMILES string of the molecule is CCc1cc2c(CC(=O)O)c(C=O)ccc2n1C.Cc1cc2c(/C=C/C(=O)O)c(C=O)ccc2n1C.Cc1cc2c(C(=O)O)c(C=O)ccc2n1C.Cc1cc2c(CCC(=O)O)c(C=O)ccc2n1C.Cc1cc2c(CCCC(=O)O)c(C=O)ccc2n1C.Cc1cc2c(CCCCC(=O)O)c(C=O)ccc2n1C.Cn1ccc2c(CC(=O)O)c(C=O)ccc21. The largest absolute Gasteiger partial charge is 0.481 e. The number of aromatic carboxylic acids is 1. The number of benzene rings is 7. The molecule has 0 saturated heterocycles. The molecule has 0 saturated carbocycles. The quantitative estimate of drug-likeness (QED) is 0.0143. The summed E-state index contributed by atoms with van der Waals surface area (Å²) in [4.78, 5) is 152. The molecule has 0 spiro atoms. The summed E-state index contributed by atoms with van der Waals surface area (Å²) in [6.45, 7) is 11.9. The molecule has 7 heterocycles. The second-order valence-electron chi connectivity index (χ2n) is 30.2. The van der Waals surface area contributed by atoms with E-state index in [2.05, 4.69) is 21.3 Å². The van der Waals surface area contributed by atoms with Gasteiger partial charge in [0.25, 0.3) is 0 Å². The van der Waals surface area contributed by atoms with Crippen molar-refractivity contribution < 1.29 is 103 Å². The predicted molar refractivity (Wildman–Crippen MR) is 479 cm³/mol. The highest BCUT2D eigenvalue weighted by Gasteiger charge is 2.21. The van der Waals surface area contributed by atoms with Crippen LogP contribution in [0, 0.1) is 34.6 Å². The molecular formula is C97H101N7O21. The number of fused-ring (bicyclic) bond motifs is 7. The highest BCUT2D eigenvalue weighted by molar-refractivity contribution is 6.10. The van der Waals surface area contributed by atoms with E-state index < -0.39 is 41.8 Å². The van der Waals surface area contributed by atoms with E-state index in [1.54, 1.807) is 36.4 Å². The number of carbonyl (C=O) groups excluding carboxylic acids is 7. The third-order valence-electron chi connectivity index (χ3n) is 22.6. The summed E-state index contributed by atoms with van der Waals surface area (Å²) in [7, 11) is 13.6. The van der Waals surface area contributed by atoms with Crippen molar-refractivity contribution in [2.24, 2.45) is 49.3 Å². The minimum absolute atomic E-state index is 0.0356. The van der Waals surface area contributed by atoms with Crippen LogP contribution in [0.25, 0.3) is 82.4 Å². The summed E-state index contributed by atoms with van der Waals surface area (Å²) in [5.74, 6) is -6.38. The fraction of sp³-hybridized carbons (Fsp3) is 0.258. The minimum atomic E-state index is -1.07. The Morgan fingerprint density at radius 3 is 1.02 bits per heavy atom. The fourth-order valence-corrected chi connectivity index (χ4v) is 15.4. The molecule has 28 heteroatoms. The van der Waals surface area contributed by atoms with Crippen molar-refractivity contribution in [3.8, 4) is 0 Å². The van der Waals surface area contributed by atoms with Gasteiger partial charge in [-0.25, -0.2) is 9.59 Å². The number of carboxylic acids is 7. The standard InChI is InChI=1S/C16H19NO3.C15H17NO3.C14H15NO3.C14H13NO3.C14H15NO3.2C12H11NO3/c1-11-9-14-13(5-3-4-6-16(19)20)12(10-18)7-8-15(14)17(11)2;1-10-8-13-12(4-3-5-15(18)19)11(9-17)6-7-14(13)16(10)2;2*1-9-7-12-11(4-6-14(17)18)10(8-16)3-5-13(12)15(9)2;1-3-10-6-12-11(7-14(17)18)9(8-16)4-5-13(12)15(10)2;1-7-5-9-10(13(7)2)4-3-8(6-14)11(9)12(15)16;1-13-5-4-9-10(6-12(15)16)8(7-14)2-3-11(9)13/h7-10H,3-6H2,1-2H3,(H,19,20);6-9H,3-5H2,1-2H3,(H,18,19);3,5,7-8H,4,6H2,1-2H3,(H,17,18);3-8H,1-2H3,(H,17,18);4-6,8H,3,7H2,1-2H3,(H,17,18);3-6H,1-2H3,(H,15,16);2-5,7H,6H2,1H3,(H,15,16)/b;;;6-4+;;;. The predicted octanol–water partition coefficient (Wildman–Crippen LogP) is 16.3. The monoisotopic (exact) mass is 1700 g/mol. The van der Waals surface area contributed by atoms with Gasteiger partial charge in [-0.2, -0.15) is 0 Å². The van der Waals surface area contributed by atoms with Crippen LogP contribution in [0.5, 0.6) is 0 Å². The first-order valence-electron chi connectivity index (χ1n) is 39.9. The molecule has 28 nitrogen and oxygen atoms in total. The van der Waals surface area contributed by atoms with Crippen molar-refractivity contribution in [1.82, 2.24) is 32.0 Å².